The van der Waals surface area contributed by atoms with Crippen LogP contribution in [0.2, 0.25) is 0 Å². The van der Waals surface area contributed by atoms with Gasteiger partial charge in [-0.05, 0) is 32.1 Å². The van der Waals surface area contributed by atoms with Crippen molar-refractivity contribution in [3.63, 3.8) is 0 Å². The minimum atomic E-state index is 0.304. The third-order valence-corrected chi connectivity index (χ3v) is 3.96. The normalized spacial score (nSPS) is 16.6. The van der Waals surface area contributed by atoms with E-state index in [0.717, 1.165) is 50.9 Å². The van der Waals surface area contributed by atoms with Crippen molar-refractivity contribution in [3.05, 3.63) is 11.9 Å². The van der Waals surface area contributed by atoms with Gasteiger partial charge in [0.25, 0.3) is 0 Å². The largest absolute Gasteiger partial charge is 0.343 e. The molecule has 118 valence electrons. The highest BCUT2D eigenvalue weighted by atomic mass is 16.2. The maximum absolute atomic E-state index is 12.2. The smallest absolute Gasteiger partial charge is 0.222 e. The average molecular weight is 293 g/mol. The van der Waals surface area contributed by atoms with Crippen LogP contribution in [0, 0.1) is 0 Å². The van der Waals surface area contributed by atoms with E-state index >= 15 is 0 Å². The molecule has 0 atom stereocenters. The van der Waals surface area contributed by atoms with Gasteiger partial charge < -0.3 is 10.2 Å². The molecule has 0 unspecified atom stereocenters. The van der Waals surface area contributed by atoms with Gasteiger partial charge in [-0.25, -0.2) is 0 Å². The third kappa shape index (κ3) is 5.46. The van der Waals surface area contributed by atoms with Crippen molar-refractivity contribution in [1.82, 2.24) is 25.6 Å². The van der Waals surface area contributed by atoms with Gasteiger partial charge >= 0.3 is 0 Å². The highest BCUT2D eigenvalue weighted by molar-refractivity contribution is 5.76. The van der Waals surface area contributed by atoms with E-state index in [9.17, 15) is 4.79 Å². The summed E-state index contributed by atoms with van der Waals surface area (Å²) in [5.41, 5.74) is 0.975. The second-order valence-corrected chi connectivity index (χ2v) is 6.14. The molecule has 0 saturated carbocycles. The van der Waals surface area contributed by atoms with Gasteiger partial charge in [-0.2, -0.15) is 15.4 Å². The van der Waals surface area contributed by atoms with Crippen molar-refractivity contribution in [2.45, 2.75) is 64.5 Å². The molecule has 21 heavy (non-hydrogen) atoms. The van der Waals surface area contributed by atoms with E-state index in [2.05, 4.69) is 34.6 Å². The summed E-state index contributed by atoms with van der Waals surface area (Å²) in [6.07, 6.45) is 7.35. The Morgan fingerprint density at radius 3 is 2.81 bits per heavy atom. The summed E-state index contributed by atoms with van der Waals surface area (Å²) >= 11 is 0. The molecular formula is C15H27N5O. The van der Waals surface area contributed by atoms with E-state index < -0.39 is 0 Å². The maximum atomic E-state index is 12.2. The molecule has 1 fully saturated rings. The van der Waals surface area contributed by atoms with Gasteiger partial charge in [0, 0.05) is 31.6 Å². The molecule has 2 rings (SSSR count). The number of hydrogen-bond donors (Lipinski definition) is 2. The molecule has 2 N–H and O–H groups in total. The highest BCUT2D eigenvalue weighted by Gasteiger charge is 2.22. The van der Waals surface area contributed by atoms with Crippen LogP contribution in [0.5, 0.6) is 0 Å². The van der Waals surface area contributed by atoms with Crippen LogP contribution in [0.1, 0.15) is 51.6 Å². The van der Waals surface area contributed by atoms with Crippen molar-refractivity contribution in [1.29, 1.82) is 0 Å². The Kier molecular flexibility index (Phi) is 6.17. The lowest BCUT2D eigenvalue weighted by molar-refractivity contribution is -0.132. The first-order valence-corrected chi connectivity index (χ1v) is 8.03. The molecule has 0 aliphatic carbocycles. The summed E-state index contributed by atoms with van der Waals surface area (Å²) in [5, 5.41) is 14.0. The van der Waals surface area contributed by atoms with Gasteiger partial charge in [-0.1, -0.05) is 13.8 Å². The van der Waals surface area contributed by atoms with E-state index in [1.54, 1.807) is 6.20 Å². The minimum Gasteiger partial charge on any atom is -0.343 e. The van der Waals surface area contributed by atoms with Crippen molar-refractivity contribution < 1.29 is 4.79 Å². The predicted octanol–water partition coefficient (Wildman–Crippen LogP) is 1.51. The lowest BCUT2D eigenvalue weighted by Gasteiger charge is -2.33. The Bertz CT molecular complexity index is 410. The van der Waals surface area contributed by atoms with Crippen LogP contribution < -0.4 is 5.32 Å². The van der Waals surface area contributed by atoms with Crippen molar-refractivity contribution in [2.24, 2.45) is 0 Å². The van der Waals surface area contributed by atoms with Crippen LogP contribution in [-0.4, -0.2) is 51.4 Å². The Hall–Kier alpha value is -1.43. The quantitative estimate of drug-likeness (QED) is 0.747. The molecule has 1 saturated heterocycles. The van der Waals surface area contributed by atoms with Crippen molar-refractivity contribution in [3.8, 4) is 0 Å². The molecule has 1 aliphatic heterocycles. The first kappa shape index (κ1) is 15.9. The summed E-state index contributed by atoms with van der Waals surface area (Å²) in [4.78, 5) is 14.2. The van der Waals surface area contributed by atoms with Crippen molar-refractivity contribution in [2.75, 3.05) is 13.1 Å². The second kappa shape index (κ2) is 8.12. The summed E-state index contributed by atoms with van der Waals surface area (Å²) in [7, 11) is 0. The number of carbonyl (C=O) groups excluding carboxylic acids is 1. The number of amides is 1. The van der Waals surface area contributed by atoms with Crippen LogP contribution in [0.15, 0.2) is 6.20 Å². The topological polar surface area (TPSA) is 73.9 Å². The number of hydrogen-bond acceptors (Lipinski definition) is 4. The van der Waals surface area contributed by atoms with E-state index in [1.165, 1.54) is 0 Å². The number of nitrogens with zero attached hydrogens (tertiary/aromatic N) is 3. The Balaban J connectivity index is 1.59. The van der Waals surface area contributed by atoms with E-state index in [0.29, 0.717) is 24.4 Å². The fourth-order valence-electron chi connectivity index (χ4n) is 2.85. The third-order valence-electron chi connectivity index (χ3n) is 3.96. The molecule has 2 heterocycles. The van der Waals surface area contributed by atoms with Crippen LogP contribution in [0.4, 0.5) is 0 Å². The minimum absolute atomic E-state index is 0.304. The first-order valence-electron chi connectivity index (χ1n) is 8.03. The maximum Gasteiger partial charge on any atom is 0.222 e. The van der Waals surface area contributed by atoms with Gasteiger partial charge in [0.1, 0.15) is 0 Å². The Morgan fingerprint density at radius 2 is 2.19 bits per heavy atom. The summed E-state index contributed by atoms with van der Waals surface area (Å²) < 4.78 is 0. The molecule has 0 aromatic carbocycles. The number of nitrogens with one attached hydrogen (secondary N) is 2. The second-order valence-electron chi connectivity index (χ2n) is 6.14. The number of likely N-dealkylation sites (tertiary alicyclic amines) is 1. The predicted molar refractivity (Wildman–Crippen MR) is 81.8 cm³/mol. The van der Waals surface area contributed by atoms with Crippen LogP contribution >= 0.6 is 0 Å². The van der Waals surface area contributed by atoms with Gasteiger partial charge in [-0.15, -0.1) is 0 Å². The van der Waals surface area contributed by atoms with Gasteiger partial charge in [0.05, 0.1) is 11.9 Å². The zero-order chi connectivity index (χ0) is 15.1. The highest BCUT2D eigenvalue weighted by Crippen LogP contribution is 2.13. The monoisotopic (exact) mass is 293 g/mol. The molecule has 1 amide bonds. The van der Waals surface area contributed by atoms with E-state index in [-0.39, 0.29) is 0 Å². The molecule has 6 heteroatoms. The number of aromatic amines is 1. The van der Waals surface area contributed by atoms with Crippen LogP contribution in [0.25, 0.3) is 0 Å². The van der Waals surface area contributed by atoms with Gasteiger partial charge in [0.15, 0.2) is 0 Å². The molecule has 0 bridgehead atoms. The van der Waals surface area contributed by atoms with Crippen LogP contribution in [-0.2, 0) is 11.2 Å². The first-order chi connectivity index (χ1) is 10.1. The lowest BCUT2D eigenvalue weighted by atomic mass is 10.0. The van der Waals surface area contributed by atoms with E-state index in [1.807, 2.05) is 4.90 Å². The summed E-state index contributed by atoms with van der Waals surface area (Å²) in [6, 6.07) is 1.09. The standard InChI is InChI=1S/C15H27N5O/c1-12(2)17-13-7-9-20(10-8-13)15(21)6-4-3-5-14-11-16-19-18-14/h11-13,17H,3-10H2,1-2H3,(H,16,18,19). The number of piperidine rings is 1. The number of carbonyl (C=O) groups is 1. The number of H-pyrrole nitrogens is 1. The van der Waals surface area contributed by atoms with E-state index in [4.69, 9.17) is 0 Å². The van der Waals surface area contributed by atoms with Gasteiger partial charge in [-0.3, -0.25) is 4.79 Å². The average Bonchev–Trinajstić information content (AvgIpc) is 2.97. The molecule has 1 aromatic heterocycles. The molecule has 1 aliphatic rings. The van der Waals surface area contributed by atoms with Gasteiger partial charge in [0.2, 0.25) is 5.91 Å². The number of rotatable bonds is 7. The Morgan fingerprint density at radius 1 is 1.43 bits per heavy atom. The molecule has 6 nitrogen and oxygen atoms in total. The molecular weight excluding hydrogens is 266 g/mol. The Labute approximate surface area is 126 Å². The zero-order valence-corrected chi connectivity index (χ0v) is 13.1. The summed E-state index contributed by atoms with van der Waals surface area (Å²) in [5.74, 6) is 0.304. The lowest BCUT2D eigenvalue weighted by Crippen LogP contribution is -2.46. The van der Waals surface area contributed by atoms with Crippen molar-refractivity contribution >= 4 is 5.91 Å². The number of unbranched alkanes of at least 4 members (excludes halogenated alkanes) is 1. The fraction of sp³-hybridized carbons (Fsp3) is 0.800. The summed E-state index contributed by atoms with van der Waals surface area (Å²) in [6.45, 7) is 6.14. The fourth-order valence-corrected chi connectivity index (χ4v) is 2.85. The van der Waals surface area contributed by atoms with Crippen LogP contribution in [0.3, 0.4) is 0 Å². The number of aromatic nitrogens is 3. The molecule has 1 aromatic rings. The SMILES string of the molecule is CC(C)NC1CCN(C(=O)CCCCc2cn[nH]n2)CC1. The molecule has 0 spiro atoms. The molecule has 0 radical (unpaired) electrons. The zero-order valence-electron chi connectivity index (χ0n) is 13.1. The number of aryl methyl sites for hydroxylation is 1.